The smallest absolute Gasteiger partial charge is 0.338 e. The van der Waals surface area contributed by atoms with Crippen molar-refractivity contribution in [2.75, 3.05) is 13.1 Å². The van der Waals surface area contributed by atoms with Crippen LogP contribution in [0.15, 0.2) is 59.4 Å². The van der Waals surface area contributed by atoms with Gasteiger partial charge in [-0.2, -0.15) is 5.10 Å². The Morgan fingerprint density at radius 3 is 2.74 bits per heavy atom. The van der Waals surface area contributed by atoms with Crippen LogP contribution in [0.25, 0.3) is 5.69 Å². The van der Waals surface area contributed by atoms with Crippen molar-refractivity contribution in [3.05, 3.63) is 82.3 Å². The molecule has 2 aromatic carbocycles. The first-order valence-electron chi connectivity index (χ1n) is 8.91. The summed E-state index contributed by atoms with van der Waals surface area (Å²) in [4.78, 5) is 26.7. The number of likely N-dealkylation sites (tertiary alicyclic amines) is 1. The molecule has 2 heterocycles. The maximum atomic E-state index is 13.5. The van der Waals surface area contributed by atoms with Crippen molar-refractivity contribution in [3.63, 3.8) is 0 Å². The summed E-state index contributed by atoms with van der Waals surface area (Å²) in [7, 11) is 0. The molecule has 0 radical (unpaired) electrons. The summed E-state index contributed by atoms with van der Waals surface area (Å²) < 4.78 is 15.0. The number of nitrogens with zero attached hydrogens (tertiary/aromatic N) is 3. The number of H-pyrrole nitrogens is 1. The Hall–Kier alpha value is -3.22. The first-order valence-corrected chi connectivity index (χ1v) is 8.91. The molecule has 1 N–H and O–H groups in total. The second kappa shape index (κ2) is 7.19. The van der Waals surface area contributed by atoms with Gasteiger partial charge >= 0.3 is 5.69 Å². The number of carbonyl (C=O) groups excluding carboxylic acids is 1. The number of halogens is 1. The summed E-state index contributed by atoms with van der Waals surface area (Å²) >= 11 is 0. The molecule has 6 nitrogen and oxygen atoms in total. The molecule has 0 unspecified atom stereocenters. The van der Waals surface area contributed by atoms with Crippen molar-refractivity contribution in [1.82, 2.24) is 19.7 Å². The van der Waals surface area contributed by atoms with E-state index in [-0.39, 0.29) is 17.5 Å². The van der Waals surface area contributed by atoms with Gasteiger partial charge in [-0.05, 0) is 43.2 Å². The molecule has 138 valence electrons. The molecular formula is C20H19FN4O2. The van der Waals surface area contributed by atoms with Crippen molar-refractivity contribution in [3.8, 4) is 5.69 Å². The van der Waals surface area contributed by atoms with Gasteiger partial charge in [0, 0.05) is 24.6 Å². The van der Waals surface area contributed by atoms with E-state index in [1.165, 1.54) is 18.2 Å². The lowest BCUT2D eigenvalue weighted by molar-refractivity contribution is 0.0703. The lowest BCUT2D eigenvalue weighted by atomic mass is 9.96. The minimum absolute atomic E-state index is 0.0737. The molecule has 0 saturated carbocycles. The van der Waals surface area contributed by atoms with Crippen LogP contribution in [0.2, 0.25) is 0 Å². The van der Waals surface area contributed by atoms with Gasteiger partial charge in [0.05, 0.1) is 5.69 Å². The number of amides is 1. The van der Waals surface area contributed by atoms with Crippen molar-refractivity contribution >= 4 is 5.91 Å². The normalized spacial score (nSPS) is 17.1. The highest BCUT2D eigenvalue weighted by Crippen LogP contribution is 2.27. The second-order valence-corrected chi connectivity index (χ2v) is 6.66. The van der Waals surface area contributed by atoms with Crippen molar-refractivity contribution in [2.45, 2.75) is 18.8 Å². The molecule has 1 saturated heterocycles. The van der Waals surface area contributed by atoms with Gasteiger partial charge in [0.15, 0.2) is 0 Å². The highest BCUT2D eigenvalue weighted by Gasteiger charge is 2.29. The quantitative estimate of drug-likeness (QED) is 0.775. The number of piperidine rings is 1. The van der Waals surface area contributed by atoms with E-state index in [4.69, 9.17) is 0 Å². The number of para-hydroxylation sites is 1. The lowest BCUT2D eigenvalue weighted by Crippen LogP contribution is -2.40. The molecule has 1 aromatic heterocycles. The standard InChI is InChI=1S/C20H19FN4O2/c21-16-8-4-6-14(12-16)19(26)24-11-5-7-15(13-24)18-22-23-20(27)25(18)17-9-2-1-3-10-17/h1-4,6,8-10,12,15H,5,7,11,13H2,(H,23,27)/t15-/m0/s1. The third-order valence-corrected chi connectivity index (χ3v) is 4.86. The predicted molar refractivity (Wildman–Crippen MR) is 98.5 cm³/mol. The third-order valence-electron chi connectivity index (χ3n) is 4.86. The summed E-state index contributed by atoms with van der Waals surface area (Å²) in [5.41, 5.74) is 0.766. The fraction of sp³-hybridized carbons (Fsp3) is 0.250. The molecule has 0 spiro atoms. The fourth-order valence-electron chi connectivity index (χ4n) is 3.59. The van der Waals surface area contributed by atoms with Crippen LogP contribution in [0.4, 0.5) is 4.39 Å². The first-order chi connectivity index (χ1) is 13.1. The highest BCUT2D eigenvalue weighted by atomic mass is 19.1. The zero-order valence-corrected chi connectivity index (χ0v) is 14.6. The van der Waals surface area contributed by atoms with E-state index in [0.717, 1.165) is 18.5 Å². The molecule has 0 aliphatic carbocycles. The van der Waals surface area contributed by atoms with Crippen molar-refractivity contribution in [2.24, 2.45) is 0 Å². The molecule has 1 aliphatic rings. The minimum atomic E-state index is -0.431. The second-order valence-electron chi connectivity index (χ2n) is 6.66. The average Bonchev–Trinajstić information content (AvgIpc) is 3.09. The Labute approximate surface area is 155 Å². The van der Waals surface area contributed by atoms with Crippen LogP contribution in [0.5, 0.6) is 0 Å². The molecule has 1 aliphatic heterocycles. The van der Waals surface area contributed by atoms with Gasteiger partial charge in [0.2, 0.25) is 0 Å². The topological polar surface area (TPSA) is 71.0 Å². The van der Waals surface area contributed by atoms with Crippen molar-refractivity contribution < 1.29 is 9.18 Å². The van der Waals surface area contributed by atoms with Crippen LogP contribution < -0.4 is 5.69 Å². The summed E-state index contributed by atoms with van der Waals surface area (Å²) in [5, 5.41) is 6.74. The fourth-order valence-corrected chi connectivity index (χ4v) is 3.59. The third kappa shape index (κ3) is 3.40. The van der Waals surface area contributed by atoms with E-state index in [1.807, 2.05) is 30.3 Å². The lowest BCUT2D eigenvalue weighted by Gasteiger charge is -2.32. The Bertz CT molecular complexity index is 1010. The number of rotatable bonds is 3. The summed E-state index contributed by atoms with van der Waals surface area (Å²) in [6.07, 6.45) is 1.62. The molecule has 7 heteroatoms. The number of nitrogens with one attached hydrogen (secondary N) is 1. The molecule has 0 bridgehead atoms. The average molecular weight is 366 g/mol. The molecular weight excluding hydrogens is 347 g/mol. The predicted octanol–water partition coefficient (Wildman–Crippen LogP) is 2.72. The number of aromatic nitrogens is 3. The van der Waals surface area contributed by atoms with Gasteiger partial charge in [-0.15, -0.1) is 0 Å². The van der Waals surface area contributed by atoms with Gasteiger partial charge in [0.25, 0.3) is 5.91 Å². The zero-order valence-electron chi connectivity index (χ0n) is 14.6. The van der Waals surface area contributed by atoms with Gasteiger partial charge < -0.3 is 4.90 Å². The van der Waals surface area contributed by atoms with Crippen LogP contribution in [0, 0.1) is 5.82 Å². The van der Waals surface area contributed by atoms with Gasteiger partial charge in [-0.25, -0.2) is 18.9 Å². The Morgan fingerprint density at radius 1 is 1.15 bits per heavy atom. The number of aromatic amines is 1. The summed E-state index contributed by atoms with van der Waals surface area (Å²) in [6, 6.07) is 15.0. The number of benzene rings is 2. The zero-order chi connectivity index (χ0) is 18.8. The molecule has 1 amide bonds. The number of hydrogen-bond acceptors (Lipinski definition) is 3. The largest absolute Gasteiger partial charge is 0.347 e. The van der Waals surface area contributed by atoms with E-state index in [1.54, 1.807) is 15.5 Å². The van der Waals surface area contributed by atoms with Crippen LogP contribution in [0.1, 0.15) is 34.9 Å². The van der Waals surface area contributed by atoms with Gasteiger partial charge in [-0.1, -0.05) is 24.3 Å². The maximum Gasteiger partial charge on any atom is 0.347 e. The minimum Gasteiger partial charge on any atom is -0.338 e. The molecule has 27 heavy (non-hydrogen) atoms. The highest BCUT2D eigenvalue weighted by molar-refractivity contribution is 5.94. The first kappa shape index (κ1) is 17.2. The summed E-state index contributed by atoms with van der Waals surface area (Å²) in [5.74, 6) is -0.0960. The monoisotopic (exact) mass is 366 g/mol. The molecule has 1 fully saturated rings. The molecule has 4 rings (SSSR count). The van der Waals surface area contributed by atoms with E-state index in [9.17, 15) is 14.0 Å². The van der Waals surface area contributed by atoms with Crippen LogP contribution in [0.3, 0.4) is 0 Å². The Balaban J connectivity index is 1.61. The number of hydrogen-bond donors (Lipinski definition) is 1. The molecule has 1 atom stereocenters. The molecule has 3 aromatic rings. The van der Waals surface area contributed by atoms with E-state index >= 15 is 0 Å². The van der Waals surface area contributed by atoms with Crippen LogP contribution in [-0.4, -0.2) is 38.7 Å². The Morgan fingerprint density at radius 2 is 1.96 bits per heavy atom. The number of carbonyl (C=O) groups is 1. The van der Waals surface area contributed by atoms with Crippen LogP contribution in [-0.2, 0) is 0 Å². The maximum absolute atomic E-state index is 13.5. The Kier molecular flexibility index (Phi) is 4.58. The van der Waals surface area contributed by atoms with E-state index in [2.05, 4.69) is 10.2 Å². The van der Waals surface area contributed by atoms with E-state index in [0.29, 0.717) is 24.5 Å². The van der Waals surface area contributed by atoms with Crippen LogP contribution >= 0.6 is 0 Å². The van der Waals surface area contributed by atoms with Gasteiger partial charge in [-0.3, -0.25) is 4.79 Å². The van der Waals surface area contributed by atoms with E-state index < -0.39 is 5.82 Å². The van der Waals surface area contributed by atoms with Crippen molar-refractivity contribution in [1.29, 1.82) is 0 Å². The summed E-state index contributed by atoms with van der Waals surface area (Å²) in [6.45, 7) is 1.04. The SMILES string of the molecule is O=C(c1cccc(F)c1)N1CCC[C@H](c2n[nH]c(=O)n2-c2ccccc2)C1. The van der Waals surface area contributed by atoms with Gasteiger partial charge in [0.1, 0.15) is 11.6 Å².